The fourth-order valence-electron chi connectivity index (χ4n) is 3.01. The number of aryl methyl sites for hydroxylation is 2. The van der Waals surface area contributed by atoms with Gasteiger partial charge in [-0.05, 0) is 56.2 Å². The van der Waals surface area contributed by atoms with Crippen molar-refractivity contribution in [1.29, 1.82) is 0 Å². The zero-order valence-electron chi connectivity index (χ0n) is 16.8. The van der Waals surface area contributed by atoms with Crippen LogP contribution in [-0.2, 0) is 6.42 Å². The number of methoxy groups -OCH3 is 2. The summed E-state index contributed by atoms with van der Waals surface area (Å²) in [5.41, 5.74) is 2.99. The molecule has 0 bridgehead atoms. The number of hydrogen-bond acceptors (Lipinski definition) is 5. The maximum absolute atomic E-state index is 12.6. The first-order valence-electron chi connectivity index (χ1n) is 9.12. The molecule has 2 heterocycles. The van der Waals surface area contributed by atoms with Gasteiger partial charge >= 0.3 is 0 Å². The average Bonchev–Trinajstić information content (AvgIpc) is 3.06. The van der Waals surface area contributed by atoms with Crippen LogP contribution in [0.25, 0.3) is 5.82 Å². The molecule has 0 fully saturated rings. The second-order valence-electron chi connectivity index (χ2n) is 6.53. The number of benzene rings is 1. The summed E-state index contributed by atoms with van der Waals surface area (Å²) in [7, 11) is 3.18. The Bertz CT molecular complexity index is 1030. The van der Waals surface area contributed by atoms with E-state index in [0.717, 1.165) is 17.0 Å². The minimum Gasteiger partial charge on any atom is -0.493 e. The summed E-state index contributed by atoms with van der Waals surface area (Å²) in [6, 6.07) is 11.0. The summed E-state index contributed by atoms with van der Waals surface area (Å²) in [5.74, 6) is 1.53. The molecule has 1 N–H and O–H groups in total. The molecule has 0 aliphatic rings. The lowest BCUT2D eigenvalue weighted by Crippen LogP contribution is -2.27. The first-order chi connectivity index (χ1) is 13.9. The van der Waals surface area contributed by atoms with Gasteiger partial charge in [-0.3, -0.25) is 4.79 Å². The third-order valence-corrected chi connectivity index (χ3v) is 4.73. The van der Waals surface area contributed by atoms with E-state index in [9.17, 15) is 4.79 Å². The molecule has 0 saturated carbocycles. The van der Waals surface area contributed by atoms with Gasteiger partial charge in [0.1, 0.15) is 5.69 Å². The SMILES string of the molecule is COc1ccc(CCNC(=O)c2nc(-n3nc(C)cc3C)ccc2Cl)cc1OC. The van der Waals surface area contributed by atoms with E-state index >= 15 is 0 Å². The van der Waals surface area contributed by atoms with Crippen LogP contribution in [0.3, 0.4) is 0 Å². The van der Waals surface area contributed by atoms with Crippen LogP contribution in [0.5, 0.6) is 11.5 Å². The molecule has 0 aliphatic carbocycles. The number of aromatic nitrogens is 3. The third-order valence-electron chi connectivity index (χ3n) is 4.42. The zero-order valence-corrected chi connectivity index (χ0v) is 17.6. The van der Waals surface area contributed by atoms with Gasteiger partial charge in [0.25, 0.3) is 5.91 Å². The molecule has 2 aromatic heterocycles. The Kier molecular flexibility index (Phi) is 6.39. The van der Waals surface area contributed by atoms with E-state index in [1.165, 1.54) is 0 Å². The predicted octanol–water partition coefficient (Wildman–Crippen LogP) is 3.53. The predicted molar refractivity (Wildman–Crippen MR) is 111 cm³/mol. The summed E-state index contributed by atoms with van der Waals surface area (Å²) in [4.78, 5) is 17.0. The van der Waals surface area contributed by atoms with Crippen molar-refractivity contribution in [2.45, 2.75) is 20.3 Å². The molecule has 1 amide bonds. The number of amides is 1. The topological polar surface area (TPSA) is 78.3 Å². The number of nitrogens with one attached hydrogen (secondary N) is 1. The van der Waals surface area contributed by atoms with Crippen LogP contribution in [-0.4, -0.2) is 41.4 Å². The normalized spacial score (nSPS) is 10.7. The molecule has 3 rings (SSSR count). The molecule has 0 spiro atoms. The summed E-state index contributed by atoms with van der Waals surface area (Å²) in [6.45, 7) is 4.26. The quantitative estimate of drug-likeness (QED) is 0.639. The maximum atomic E-state index is 12.6. The highest BCUT2D eigenvalue weighted by Gasteiger charge is 2.15. The van der Waals surface area contributed by atoms with Gasteiger partial charge in [-0.25, -0.2) is 9.67 Å². The number of hydrogen-bond donors (Lipinski definition) is 1. The van der Waals surface area contributed by atoms with Crippen molar-refractivity contribution in [1.82, 2.24) is 20.1 Å². The van der Waals surface area contributed by atoms with E-state index in [0.29, 0.717) is 35.3 Å². The van der Waals surface area contributed by atoms with Gasteiger partial charge < -0.3 is 14.8 Å². The molecule has 0 saturated heterocycles. The van der Waals surface area contributed by atoms with E-state index < -0.39 is 0 Å². The molecular weight excluding hydrogens is 392 g/mol. The summed E-state index contributed by atoms with van der Waals surface area (Å²) < 4.78 is 12.2. The molecule has 0 radical (unpaired) electrons. The van der Waals surface area contributed by atoms with Crippen molar-refractivity contribution in [3.8, 4) is 17.3 Å². The van der Waals surface area contributed by atoms with Gasteiger partial charge in [-0.1, -0.05) is 17.7 Å². The number of nitrogens with zero attached hydrogens (tertiary/aromatic N) is 3. The fourth-order valence-corrected chi connectivity index (χ4v) is 3.20. The van der Waals surface area contributed by atoms with E-state index in [2.05, 4.69) is 15.4 Å². The van der Waals surface area contributed by atoms with Gasteiger partial charge in [-0.15, -0.1) is 0 Å². The Morgan fingerprint density at radius 3 is 2.52 bits per heavy atom. The lowest BCUT2D eigenvalue weighted by molar-refractivity contribution is 0.0949. The first-order valence-corrected chi connectivity index (χ1v) is 9.50. The second-order valence-corrected chi connectivity index (χ2v) is 6.94. The van der Waals surface area contributed by atoms with Crippen LogP contribution in [0, 0.1) is 13.8 Å². The van der Waals surface area contributed by atoms with E-state index in [1.807, 2.05) is 38.1 Å². The molecule has 3 aromatic rings. The minimum absolute atomic E-state index is 0.170. The van der Waals surface area contributed by atoms with Crippen LogP contribution >= 0.6 is 11.6 Å². The number of pyridine rings is 1. The van der Waals surface area contributed by atoms with Crippen molar-refractivity contribution in [2.75, 3.05) is 20.8 Å². The smallest absolute Gasteiger partial charge is 0.271 e. The van der Waals surface area contributed by atoms with Gasteiger partial charge in [0.05, 0.1) is 24.9 Å². The van der Waals surface area contributed by atoms with Gasteiger partial charge in [0.2, 0.25) is 0 Å². The van der Waals surface area contributed by atoms with Crippen LogP contribution in [0.1, 0.15) is 27.4 Å². The number of halogens is 1. The monoisotopic (exact) mass is 414 g/mol. The zero-order chi connectivity index (χ0) is 21.0. The summed E-state index contributed by atoms with van der Waals surface area (Å²) in [6.07, 6.45) is 0.626. The van der Waals surface area contributed by atoms with Crippen LogP contribution in [0.2, 0.25) is 5.02 Å². The van der Waals surface area contributed by atoms with Crippen molar-refractivity contribution in [3.63, 3.8) is 0 Å². The molecule has 152 valence electrons. The Morgan fingerprint density at radius 1 is 1.10 bits per heavy atom. The van der Waals surface area contributed by atoms with E-state index in [-0.39, 0.29) is 11.6 Å². The number of ether oxygens (including phenoxy) is 2. The Hall–Kier alpha value is -3.06. The Morgan fingerprint density at radius 2 is 1.86 bits per heavy atom. The molecule has 0 atom stereocenters. The highest BCUT2D eigenvalue weighted by atomic mass is 35.5. The largest absolute Gasteiger partial charge is 0.493 e. The number of carbonyl (C=O) groups is 1. The molecule has 0 aliphatic heterocycles. The van der Waals surface area contributed by atoms with Crippen molar-refractivity contribution in [3.05, 3.63) is 64.1 Å². The van der Waals surface area contributed by atoms with Crippen molar-refractivity contribution >= 4 is 17.5 Å². The van der Waals surface area contributed by atoms with Crippen molar-refractivity contribution in [2.24, 2.45) is 0 Å². The molecular formula is C21H23ClN4O3. The van der Waals surface area contributed by atoms with Gasteiger partial charge in [0, 0.05) is 12.2 Å². The minimum atomic E-state index is -0.334. The molecule has 7 nitrogen and oxygen atoms in total. The molecule has 29 heavy (non-hydrogen) atoms. The summed E-state index contributed by atoms with van der Waals surface area (Å²) in [5, 5.41) is 7.56. The first kappa shape index (κ1) is 20.7. The highest BCUT2D eigenvalue weighted by molar-refractivity contribution is 6.33. The molecule has 0 unspecified atom stereocenters. The molecule has 1 aromatic carbocycles. The fraction of sp³-hybridized carbons (Fsp3) is 0.286. The number of carbonyl (C=O) groups excluding carboxylic acids is 1. The second kappa shape index (κ2) is 8.96. The lowest BCUT2D eigenvalue weighted by Gasteiger charge is -2.11. The highest BCUT2D eigenvalue weighted by Crippen LogP contribution is 2.27. The van der Waals surface area contributed by atoms with Gasteiger partial charge in [0.15, 0.2) is 17.3 Å². The van der Waals surface area contributed by atoms with E-state index in [1.54, 1.807) is 31.0 Å². The molecule has 8 heteroatoms. The third kappa shape index (κ3) is 4.68. The van der Waals surface area contributed by atoms with Crippen LogP contribution in [0.15, 0.2) is 36.4 Å². The van der Waals surface area contributed by atoms with Crippen LogP contribution in [0.4, 0.5) is 0 Å². The van der Waals surface area contributed by atoms with Gasteiger partial charge in [-0.2, -0.15) is 5.10 Å². The van der Waals surface area contributed by atoms with Crippen LogP contribution < -0.4 is 14.8 Å². The number of rotatable bonds is 7. The summed E-state index contributed by atoms with van der Waals surface area (Å²) >= 11 is 6.21. The lowest BCUT2D eigenvalue weighted by atomic mass is 10.1. The Labute approximate surface area is 174 Å². The Balaban J connectivity index is 1.69. The van der Waals surface area contributed by atoms with E-state index in [4.69, 9.17) is 21.1 Å². The van der Waals surface area contributed by atoms with Crippen molar-refractivity contribution < 1.29 is 14.3 Å². The standard InChI is InChI=1S/C21H23ClN4O3/c1-13-11-14(2)26(25-13)19-8-6-16(22)20(24-19)21(27)23-10-9-15-5-7-17(28-3)18(12-15)29-4/h5-8,11-12H,9-10H2,1-4H3,(H,23,27). The maximum Gasteiger partial charge on any atom is 0.271 e. The average molecular weight is 415 g/mol.